The van der Waals surface area contributed by atoms with Gasteiger partial charge >= 0.3 is 0 Å². The molecule has 0 aliphatic rings. The van der Waals surface area contributed by atoms with Gasteiger partial charge in [-0.1, -0.05) is 30.3 Å². The van der Waals surface area contributed by atoms with Crippen LogP contribution in [0.1, 0.15) is 5.56 Å². The van der Waals surface area contributed by atoms with Crippen LogP contribution in [0.25, 0.3) is 0 Å². The third-order valence-electron chi connectivity index (χ3n) is 2.34. The minimum absolute atomic E-state index is 0.160. The van der Waals surface area contributed by atoms with Crippen LogP contribution in [0.2, 0.25) is 0 Å². The molecule has 134 valence electrons. The molecule has 0 bridgehead atoms. The minimum atomic E-state index is -3.67. The predicted octanol–water partition coefficient (Wildman–Crippen LogP) is -0.928. The van der Waals surface area contributed by atoms with E-state index in [1.807, 2.05) is 0 Å². The lowest BCUT2D eigenvalue weighted by molar-refractivity contribution is -0.121. The molecule has 1 aromatic carbocycles. The molecule has 1 aromatic rings. The van der Waals surface area contributed by atoms with Gasteiger partial charge in [-0.15, -0.1) is 0 Å². The summed E-state index contributed by atoms with van der Waals surface area (Å²) in [6.45, 7) is -0.189. The molecule has 1 rings (SSSR count). The van der Waals surface area contributed by atoms with Crippen molar-refractivity contribution in [3.05, 3.63) is 35.9 Å². The van der Waals surface area contributed by atoms with E-state index in [9.17, 15) is 21.6 Å². The van der Waals surface area contributed by atoms with Gasteiger partial charge in [-0.05, 0) is 5.56 Å². The van der Waals surface area contributed by atoms with E-state index in [4.69, 9.17) is 15.5 Å². The van der Waals surface area contributed by atoms with E-state index in [1.54, 1.807) is 36.4 Å². The Morgan fingerprint density at radius 1 is 1.29 bits per heavy atom. The fourth-order valence-electron chi connectivity index (χ4n) is 1.49. The van der Waals surface area contributed by atoms with E-state index in [0.29, 0.717) is 11.8 Å². The summed E-state index contributed by atoms with van der Waals surface area (Å²) >= 11 is 0. The molecule has 4 N–H and O–H groups in total. The van der Waals surface area contributed by atoms with Crippen molar-refractivity contribution < 1.29 is 26.2 Å². The van der Waals surface area contributed by atoms with Crippen molar-refractivity contribution in [1.82, 2.24) is 5.32 Å². The smallest absolute Gasteiger partial charge is 0.261 e. The lowest BCUT2D eigenvalue weighted by Gasteiger charge is -2.11. The zero-order chi connectivity index (χ0) is 18.8. The SMILES string of the molecule is CS(=O)(=O)O.N#CCNC(=O)[C@@H](N)CS(=O)(=O)Cc1ccccc1. The number of hydrogen-bond acceptors (Lipinski definition) is 7. The van der Waals surface area contributed by atoms with Gasteiger partial charge in [0, 0.05) is 0 Å². The molecule has 0 unspecified atom stereocenters. The van der Waals surface area contributed by atoms with Crippen LogP contribution in [-0.4, -0.2) is 51.9 Å². The van der Waals surface area contributed by atoms with Gasteiger partial charge in [0.1, 0.15) is 6.54 Å². The number of hydrogen-bond donors (Lipinski definition) is 3. The Bertz CT molecular complexity index is 762. The fraction of sp³-hybridized carbons (Fsp3) is 0.385. The van der Waals surface area contributed by atoms with Gasteiger partial charge in [0.05, 0.1) is 29.9 Å². The molecule has 11 heteroatoms. The Hall–Kier alpha value is -2.00. The topological polar surface area (TPSA) is 167 Å². The molecule has 1 amide bonds. The quantitative estimate of drug-likeness (QED) is 0.422. The van der Waals surface area contributed by atoms with Gasteiger partial charge < -0.3 is 11.1 Å². The molecule has 0 aliphatic heterocycles. The second-order valence-corrected chi connectivity index (χ2v) is 8.33. The van der Waals surface area contributed by atoms with Crippen LogP contribution < -0.4 is 11.1 Å². The molecule has 9 nitrogen and oxygen atoms in total. The normalized spacial score (nSPS) is 12.2. The van der Waals surface area contributed by atoms with Gasteiger partial charge in [0.15, 0.2) is 9.84 Å². The third kappa shape index (κ3) is 12.5. The highest BCUT2D eigenvalue weighted by Gasteiger charge is 2.22. The summed E-state index contributed by atoms with van der Waals surface area (Å²) in [7, 11) is -7.14. The molecule has 0 spiro atoms. The van der Waals surface area contributed by atoms with Crippen molar-refractivity contribution in [1.29, 1.82) is 5.26 Å². The van der Waals surface area contributed by atoms with Crippen LogP contribution in [-0.2, 0) is 30.5 Å². The molecule has 0 saturated carbocycles. The lowest BCUT2D eigenvalue weighted by Crippen LogP contribution is -2.45. The second-order valence-electron chi connectivity index (χ2n) is 4.76. The molecule has 0 fully saturated rings. The number of nitrogens with two attached hydrogens (primary N) is 1. The third-order valence-corrected chi connectivity index (χ3v) is 3.98. The summed E-state index contributed by atoms with van der Waals surface area (Å²) in [5, 5.41) is 10.5. The first kappa shape index (κ1) is 22.0. The number of nitrogens with zero attached hydrogens (tertiary/aromatic N) is 1. The highest BCUT2D eigenvalue weighted by molar-refractivity contribution is 7.90. The number of sulfone groups is 1. The van der Waals surface area contributed by atoms with Crippen molar-refractivity contribution in [2.75, 3.05) is 18.6 Å². The monoisotopic (exact) mass is 377 g/mol. The predicted molar refractivity (Wildman–Crippen MR) is 88.0 cm³/mol. The van der Waals surface area contributed by atoms with Crippen LogP contribution in [0, 0.1) is 11.3 Å². The summed E-state index contributed by atoms with van der Waals surface area (Å²) in [5.74, 6) is -1.25. The maximum Gasteiger partial charge on any atom is 0.261 e. The van der Waals surface area contributed by atoms with Crippen molar-refractivity contribution >= 4 is 25.9 Å². The number of carbonyl (C=O) groups excluding carboxylic acids is 1. The molecular formula is C13H19N3O6S2. The standard InChI is InChI=1S/C12H15N3O3S.CH4O3S/c13-6-7-15-12(16)11(14)9-19(17,18)8-10-4-2-1-3-5-10;1-5(2,3)4/h1-5,11H,7-9,14H2,(H,15,16);1H3,(H,2,3,4)/t11-;/m0./s1. The van der Waals surface area contributed by atoms with Crippen molar-refractivity contribution in [3.8, 4) is 6.07 Å². The van der Waals surface area contributed by atoms with E-state index < -0.39 is 37.7 Å². The number of rotatable bonds is 6. The van der Waals surface area contributed by atoms with E-state index in [1.165, 1.54) is 0 Å². The number of carbonyl (C=O) groups is 1. The first-order valence-electron chi connectivity index (χ1n) is 6.51. The van der Waals surface area contributed by atoms with Gasteiger partial charge in [0.25, 0.3) is 10.1 Å². The first-order valence-corrected chi connectivity index (χ1v) is 10.2. The van der Waals surface area contributed by atoms with Gasteiger partial charge in [-0.2, -0.15) is 13.7 Å². The number of benzene rings is 1. The van der Waals surface area contributed by atoms with Crippen molar-refractivity contribution in [3.63, 3.8) is 0 Å². The number of nitriles is 1. The molecule has 0 saturated heterocycles. The zero-order valence-corrected chi connectivity index (χ0v) is 14.5. The molecular weight excluding hydrogens is 358 g/mol. The number of amides is 1. The van der Waals surface area contributed by atoms with Gasteiger partial charge in [0.2, 0.25) is 5.91 Å². The molecule has 1 atom stereocenters. The summed E-state index contributed by atoms with van der Waals surface area (Å²) in [4.78, 5) is 11.4. The molecule has 24 heavy (non-hydrogen) atoms. The largest absolute Gasteiger partial charge is 0.342 e. The summed E-state index contributed by atoms with van der Waals surface area (Å²) in [6, 6.07) is 9.21. The van der Waals surface area contributed by atoms with E-state index in [0.717, 1.165) is 0 Å². The molecule has 0 aromatic heterocycles. The molecule has 0 radical (unpaired) electrons. The second kappa shape index (κ2) is 9.99. The van der Waals surface area contributed by atoms with Crippen LogP contribution in [0.5, 0.6) is 0 Å². The van der Waals surface area contributed by atoms with Crippen LogP contribution in [0.3, 0.4) is 0 Å². The van der Waals surface area contributed by atoms with E-state index in [2.05, 4.69) is 5.32 Å². The average Bonchev–Trinajstić information content (AvgIpc) is 2.42. The summed E-state index contributed by atoms with van der Waals surface area (Å²) < 4.78 is 49.6. The van der Waals surface area contributed by atoms with Gasteiger partial charge in [-0.3, -0.25) is 9.35 Å². The minimum Gasteiger partial charge on any atom is -0.342 e. The lowest BCUT2D eigenvalue weighted by atomic mass is 10.2. The first-order chi connectivity index (χ1) is 10.9. The highest BCUT2D eigenvalue weighted by atomic mass is 32.2. The van der Waals surface area contributed by atoms with Crippen molar-refractivity contribution in [2.45, 2.75) is 11.8 Å². The Labute approximate surface area is 141 Å². The maximum atomic E-state index is 11.9. The van der Waals surface area contributed by atoms with E-state index >= 15 is 0 Å². The maximum absolute atomic E-state index is 11.9. The van der Waals surface area contributed by atoms with Crippen LogP contribution >= 0.6 is 0 Å². The highest BCUT2D eigenvalue weighted by Crippen LogP contribution is 2.06. The fourth-order valence-corrected chi connectivity index (χ4v) is 3.01. The van der Waals surface area contributed by atoms with Crippen LogP contribution in [0.4, 0.5) is 0 Å². The Morgan fingerprint density at radius 3 is 2.25 bits per heavy atom. The Kier molecular flexibility index (Phi) is 9.16. The Balaban J connectivity index is 0.000000922. The zero-order valence-electron chi connectivity index (χ0n) is 12.9. The van der Waals surface area contributed by atoms with Gasteiger partial charge in [-0.25, -0.2) is 8.42 Å². The van der Waals surface area contributed by atoms with E-state index in [-0.39, 0.29) is 12.3 Å². The Morgan fingerprint density at radius 2 is 1.79 bits per heavy atom. The van der Waals surface area contributed by atoms with Crippen LogP contribution in [0.15, 0.2) is 30.3 Å². The van der Waals surface area contributed by atoms with Crippen molar-refractivity contribution in [2.24, 2.45) is 5.73 Å². The number of nitrogens with one attached hydrogen (secondary N) is 1. The average molecular weight is 377 g/mol. The molecule has 0 heterocycles. The molecule has 0 aliphatic carbocycles. The summed E-state index contributed by atoms with van der Waals surface area (Å²) in [5.41, 5.74) is 6.14. The summed E-state index contributed by atoms with van der Waals surface area (Å²) in [6.07, 6.45) is 0.715.